The number of nitrogens with one attached hydrogen (secondary N) is 2. The molecule has 0 atom stereocenters. The molecule has 6 aromatic heterocycles. The van der Waals surface area contributed by atoms with Gasteiger partial charge in [-0.2, -0.15) is 0 Å². The van der Waals surface area contributed by atoms with Gasteiger partial charge in [0.05, 0.1) is 70.3 Å². The minimum atomic E-state index is -0.538. The summed E-state index contributed by atoms with van der Waals surface area (Å²) in [4.78, 5) is 71.1. The molecule has 0 amide bonds. The summed E-state index contributed by atoms with van der Waals surface area (Å²) in [7, 11) is 2.86. The van der Waals surface area contributed by atoms with Gasteiger partial charge in [0, 0.05) is 137 Å². The first-order chi connectivity index (χ1) is 49.0. The summed E-state index contributed by atoms with van der Waals surface area (Å²) < 4.78 is 47.9. The predicted molar refractivity (Wildman–Crippen MR) is 402 cm³/mol. The zero-order chi connectivity index (χ0) is 71.9. The second-order valence-electron chi connectivity index (χ2n) is 28.0. The zero-order valence-corrected chi connectivity index (χ0v) is 61.5. The van der Waals surface area contributed by atoms with Crippen LogP contribution in [0.1, 0.15) is 101 Å². The van der Waals surface area contributed by atoms with Crippen molar-refractivity contribution in [3.63, 3.8) is 0 Å². The molecule has 4 aromatic carbocycles. The number of benzene rings is 4. The van der Waals surface area contributed by atoms with Crippen LogP contribution in [0.25, 0.3) is 44.0 Å². The molecule has 4 N–H and O–H groups in total. The van der Waals surface area contributed by atoms with Gasteiger partial charge in [0.25, 0.3) is 22.2 Å². The number of halogens is 3. The number of rotatable bonds is 16. The van der Waals surface area contributed by atoms with E-state index in [1.807, 2.05) is 76.5 Å². The second kappa shape index (κ2) is 30.9. The summed E-state index contributed by atoms with van der Waals surface area (Å²) in [5.74, 6) is 0.916. The number of likely N-dealkylation sites (N-methyl/N-ethyl adjacent to an activating group) is 2. The van der Waals surface area contributed by atoms with Crippen LogP contribution in [-0.4, -0.2) is 132 Å². The number of aromatic nitrogens is 6. The first-order valence-electron chi connectivity index (χ1n) is 35.0. The van der Waals surface area contributed by atoms with E-state index >= 15 is 4.39 Å². The summed E-state index contributed by atoms with van der Waals surface area (Å²) in [6.07, 6.45) is 14.6. The van der Waals surface area contributed by atoms with Crippen molar-refractivity contribution in [1.82, 2.24) is 38.0 Å². The summed E-state index contributed by atoms with van der Waals surface area (Å²) in [5.41, 5.74) is 6.50. The van der Waals surface area contributed by atoms with Crippen LogP contribution in [0.15, 0.2) is 166 Å². The quantitative estimate of drug-likeness (QED) is 0.0663. The van der Waals surface area contributed by atoms with Gasteiger partial charge in [-0.15, -0.1) is 0 Å². The number of nitrogens with zero attached hydrogens (tertiary/aromatic N) is 10. The van der Waals surface area contributed by atoms with Gasteiger partial charge in [0.15, 0.2) is 0 Å². The number of anilines is 6. The number of fused-ring (bicyclic) bond motifs is 2. The molecule has 10 aromatic rings. The third-order valence-corrected chi connectivity index (χ3v) is 21.1. The van der Waals surface area contributed by atoms with Gasteiger partial charge in [-0.1, -0.05) is 55.8 Å². The van der Waals surface area contributed by atoms with E-state index in [0.717, 1.165) is 119 Å². The number of aliphatic hydroxyl groups is 2. The van der Waals surface area contributed by atoms with E-state index < -0.39 is 41.1 Å². The van der Waals surface area contributed by atoms with Crippen molar-refractivity contribution in [2.24, 2.45) is 14.1 Å². The fourth-order valence-corrected chi connectivity index (χ4v) is 13.9. The molecule has 103 heavy (non-hydrogen) atoms. The number of hydrogen-bond acceptors (Lipinski definition) is 16. The molecule has 5 aliphatic rings. The Labute approximate surface area is 614 Å². The zero-order valence-electron chi connectivity index (χ0n) is 59.3. The van der Waals surface area contributed by atoms with Crippen LogP contribution in [0.5, 0.6) is 0 Å². The topological polar surface area (TPSA) is 210 Å². The van der Waals surface area contributed by atoms with E-state index in [-0.39, 0.29) is 53.7 Å². The van der Waals surface area contributed by atoms with Gasteiger partial charge in [-0.3, -0.25) is 28.3 Å². The molecule has 9 heterocycles. The maximum atomic E-state index is 15.3. The summed E-state index contributed by atoms with van der Waals surface area (Å²) >= 11 is 6.09. The molecule has 3 aliphatic heterocycles. The van der Waals surface area contributed by atoms with Crippen LogP contribution >= 0.6 is 11.6 Å². The third-order valence-electron chi connectivity index (χ3n) is 20.8. The van der Waals surface area contributed by atoms with Crippen LogP contribution in [0, 0.1) is 11.6 Å². The molecule has 20 nitrogen and oxygen atoms in total. The molecule has 2 saturated carbocycles. The fraction of sp³-hybridized carbons (Fsp3) is 0.359. The Morgan fingerprint density at radius 2 is 1.01 bits per heavy atom. The van der Waals surface area contributed by atoms with E-state index in [0.29, 0.717) is 84.3 Å². The fourth-order valence-electron chi connectivity index (χ4n) is 13.6. The van der Waals surface area contributed by atoms with Gasteiger partial charge in [0.2, 0.25) is 0 Å². The van der Waals surface area contributed by atoms with E-state index in [1.54, 1.807) is 98.0 Å². The van der Waals surface area contributed by atoms with Crippen molar-refractivity contribution in [3.05, 3.63) is 227 Å². The Kier molecular flexibility index (Phi) is 22.2. The van der Waals surface area contributed by atoms with Crippen LogP contribution in [0.2, 0.25) is 5.02 Å². The number of aliphatic hydroxyl groups excluding tert-OH is 2. The Bertz CT molecular complexity index is 5020. The number of aryl methyl sites for hydroxylation is 2. The summed E-state index contributed by atoms with van der Waals surface area (Å²) in [6, 6.07) is 32.0. The maximum Gasteiger partial charge on any atom is 0.496 e. The standard InChI is InChI=1S/C36H37FN6O3.C23H34BN5O3.C19H15ClFNO2.V/c1-3-41-13-15-42(16-14-41)27-9-10-33(38-20-27)39-31-19-26(21-40(2)35(31)45)28-5-4-6-32(29(28)22-44)43-12-11-24-17-25(23-7-8-23)18-30(37)34(24)36(43)46;1-7-28-10-12-29(13-11-28)18-8-9-20(25-15-18)26-19-14-17(16-27(6)21(19)30)24-31-22(2,3)23(4,5)32-24;20-15-2-1-3-17(14(15)10-23)22-7-6-12-8-13(11-4-5-11)9-16(21)18(12)19(22)24;/h4-6,9-12,17-21,23,44H,3,7-8,13-16,22H2,1-2H3,(H,38,39);8-9,14-16H,7,10-13H2,1-6H3,(H,25,26);1-3,6-9,11,23H,4-5,10H2;. The maximum absolute atomic E-state index is 15.3. The van der Waals surface area contributed by atoms with Crippen LogP contribution in [-0.2, 0) is 55.2 Å². The molecule has 535 valence electrons. The van der Waals surface area contributed by atoms with Gasteiger partial charge in [0.1, 0.15) is 34.6 Å². The molecular weight excluding hydrogens is 1370 g/mol. The molecule has 0 bridgehead atoms. The second-order valence-corrected chi connectivity index (χ2v) is 28.4. The minimum Gasteiger partial charge on any atom is -0.399 e. The number of pyridine rings is 6. The Balaban J connectivity index is 0.000000153. The molecule has 15 rings (SSSR count). The van der Waals surface area contributed by atoms with Gasteiger partial charge >= 0.3 is 7.12 Å². The summed E-state index contributed by atoms with van der Waals surface area (Å²) in [5, 5.41) is 28.1. The van der Waals surface area contributed by atoms with Crippen molar-refractivity contribution >= 4 is 80.1 Å². The van der Waals surface area contributed by atoms with Crippen molar-refractivity contribution in [2.45, 2.75) is 103 Å². The monoisotopic (exact) mass is 1450 g/mol. The molecule has 1 radical (unpaired) electrons. The molecule has 0 unspecified atom stereocenters. The molecular formula is C78H86BClF2N12O8V. The van der Waals surface area contributed by atoms with Crippen molar-refractivity contribution in [2.75, 3.05) is 85.9 Å². The average Bonchev–Trinajstić information content (AvgIpc) is 1.28. The number of hydrogen-bond donors (Lipinski definition) is 4. The Hall–Kier alpha value is -8.74. The van der Waals surface area contributed by atoms with Crippen LogP contribution < -0.4 is 48.1 Å². The number of piperazine rings is 2. The normalized spacial score (nSPS) is 16.6. The van der Waals surface area contributed by atoms with Crippen molar-refractivity contribution in [1.29, 1.82) is 0 Å². The average molecular weight is 1450 g/mol. The summed E-state index contributed by atoms with van der Waals surface area (Å²) in [6.45, 7) is 22.0. The first-order valence-corrected chi connectivity index (χ1v) is 35.4. The smallest absolute Gasteiger partial charge is 0.399 e. The van der Waals surface area contributed by atoms with E-state index in [4.69, 9.17) is 20.9 Å². The van der Waals surface area contributed by atoms with Gasteiger partial charge in [-0.05, 0) is 185 Å². The largest absolute Gasteiger partial charge is 0.496 e. The van der Waals surface area contributed by atoms with Crippen molar-refractivity contribution < 1.29 is 46.9 Å². The van der Waals surface area contributed by atoms with Gasteiger partial charge in [-0.25, -0.2) is 18.7 Å². The first kappa shape index (κ1) is 74.0. The molecule has 3 saturated heterocycles. The van der Waals surface area contributed by atoms with E-state index in [9.17, 15) is 33.8 Å². The van der Waals surface area contributed by atoms with Crippen LogP contribution in [0.3, 0.4) is 0 Å². The third kappa shape index (κ3) is 15.7. The van der Waals surface area contributed by atoms with E-state index in [1.165, 1.54) is 25.8 Å². The Morgan fingerprint density at radius 3 is 1.45 bits per heavy atom. The van der Waals surface area contributed by atoms with E-state index in [2.05, 4.69) is 60.1 Å². The predicted octanol–water partition coefficient (Wildman–Crippen LogP) is 11.3. The van der Waals surface area contributed by atoms with Crippen molar-refractivity contribution in [3.8, 4) is 22.5 Å². The molecule has 5 fully saturated rings. The minimum absolute atomic E-state index is 0. The molecule has 25 heteroatoms. The molecule has 2 aliphatic carbocycles. The van der Waals surface area contributed by atoms with Gasteiger partial charge < -0.3 is 58.9 Å². The SMILES string of the molecule is CCN1CCN(c2ccc(Nc3cc(-c4cccc(-n5ccc6cc(C7CC7)cc(F)c6c5=O)c4CO)cn(C)c3=O)nc2)CC1.CCN1CCN(c2ccc(Nc3cc(B4OC(C)(C)C(C)(C)O4)cn(C)c3=O)nc2)CC1.O=c1c2c(F)cc(C3CC3)cc2ccn1-c1cccc(Cl)c1CO.[V]. The van der Waals surface area contributed by atoms with Crippen LogP contribution in [0.4, 0.5) is 43.2 Å². The Morgan fingerprint density at radius 1 is 0.563 bits per heavy atom. The molecule has 0 spiro atoms.